The highest BCUT2D eigenvalue weighted by Crippen LogP contribution is 2.41. The Morgan fingerprint density at radius 3 is 2.66 bits per heavy atom. The lowest BCUT2D eigenvalue weighted by Crippen LogP contribution is -2.45. The number of thiophene rings is 1. The molecular formula is C20H23N5O2S2. The van der Waals surface area contributed by atoms with E-state index in [2.05, 4.69) is 28.3 Å². The van der Waals surface area contributed by atoms with E-state index in [4.69, 9.17) is 5.10 Å². The SMILES string of the molecule is Cc1nc(Cn2nc3n(c(=O)c2=O)CC[C@@]32CCN(Cc3sccc3C)C2)cs1. The fourth-order valence-corrected chi connectivity index (χ4v) is 6.11. The molecule has 1 fully saturated rings. The van der Waals surface area contributed by atoms with Crippen molar-refractivity contribution in [1.29, 1.82) is 0 Å². The van der Waals surface area contributed by atoms with Gasteiger partial charge in [-0.2, -0.15) is 5.10 Å². The fraction of sp³-hybridized carbons (Fsp3) is 0.500. The Labute approximate surface area is 176 Å². The molecule has 0 saturated carbocycles. The van der Waals surface area contributed by atoms with Crippen LogP contribution in [0.4, 0.5) is 0 Å². The molecule has 152 valence electrons. The predicted molar refractivity (Wildman–Crippen MR) is 114 cm³/mol. The zero-order chi connectivity index (χ0) is 20.2. The Bertz CT molecular complexity index is 1190. The second-order valence-electron chi connectivity index (χ2n) is 8.12. The number of hydrogen-bond acceptors (Lipinski definition) is 7. The molecule has 0 N–H and O–H groups in total. The van der Waals surface area contributed by atoms with Crippen molar-refractivity contribution < 1.29 is 0 Å². The molecule has 1 saturated heterocycles. The number of nitrogens with zero attached hydrogens (tertiary/aromatic N) is 5. The first-order valence-electron chi connectivity index (χ1n) is 9.84. The fourth-order valence-electron chi connectivity index (χ4n) is 4.56. The van der Waals surface area contributed by atoms with Gasteiger partial charge in [-0.3, -0.25) is 19.1 Å². The standard InChI is InChI=1S/C20H23N5O2S2/c1-13-3-8-28-16(13)10-23-6-4-20(12-23)5-7-24-17(26)18(27)25(22-19(20)24)9-15-11-29-14(2)21-15/h3,8,11H,4-7,9-10,12H2,1-2H3/t20-/m1/s1. The van der Waals surface area contributed by atoms with Gasteiger partial charge in [-0.25, -0.2) is 9.67 Å². The third kappa shape index (κ3) is 3.21. The van der Waals surface area contributed by atoms with E-state index in [0.717, 1.165) is 49.0 Å². The first kappa shape index (κ1) is 18.9. The van der Waals surface area contributed by atoms with Crippen LogP contribution in [0.25, 0.3) is 0 Å². The van der Waals surface area contributed by atoms with Gasteiger partial charge in [0.05, 0.1) is 17.2 Å². The first-order valence-corrected chi connectivity index (χ1v) is 11.6. The molecule has 9 heteroatoms. The molecule has 0 radical (unpaired) electrons. The van der Waals surface area contributed by atoms with E-state index in [1.54, 1.807) is 15.9 Å². The van der Waals surface area contributed by atoms with Crippen LogP contribution in [0.3, 0.4) is 0 Å². The van der Waals surface area contributed by atoms with E-state index in [1.807, 2.05) is 12.3 Å². The normalized spacial score (nSPS) is 21.3. The van der Waals surface area contributed by atoms with Gasteiger partial charge in [0, 0.05) is 35.3 Å². The van der Waals surface area contributed by atoms with Crippen LogP contribution in [-0.2, 0) is 25.0 Å². The van der Waals surface area contributed by atoms with Crippen molar-refractivity contribution in [2.24, 2.45) is 0 Å². The Kier molecular flexibility index (Phi) is 4.56. The number of fused-ring (bicyclic) bond motifs is 2. The summed E-state index contributed by atoms with van der Waals surface area (Å²) in [7, 11) is 0. The second-order valence-corrected chi connectivity index (χ2v) is 10.2. The summed E-state index contributed by atoms with van der Waals surface area (Å²) < 4.78 is 2.94. The van der Waals surface area contributed by atoms with Gasteiger partial charge < -0.3 is 0 Å². The van der Waals surface area contributed by atoms with Gasteiger partial charge in [0.2, 0.25) is 0 Å². The number of hydrogen-bond donors (Lipinski definition) is 0. The molecule has 0 aliphatic carbocycles. The molecule has 29 heavy (non-hydrogen) atoms. The van der Waals surface area contributed by atoms with E-state index in [0.29, 0.717) is 6.54 Å². The van der Waals surface area contributed by atoms with Gasteiger partial charge in [0.25, 0.3) is 0 Å². The van der Waals surface area contributed by atoms with Crippen molar-refractivity contribution in [1.82, 2.24) is 24.2 Å². The third-order valence-corrected chi connectivity index (χ3v) is 8.00. The van der Waals surface area contributed by atoms with Crippen LogP contribution < -0.4 is 11.1 Å². The lowest BCUT2D eigenvalue weighted by Gasteiger charge is -2.23. The number of aryl methyl sites for hydroxylation is 2. The largest absolute Gasteiger partial charge is 0.332 e. The quantitative estimate of drug-likeness (QED) is 0.594. The van der Waals surface area contributed by atoms with Crippen LogP contribution >= 0.6 is 22.7 Å². The summed E-state index contributed by atoms with van der Waals surface area (Å²) in [5.74, 6) is 0.777. The third-order valence-electron chi connectivity index (χ3n) is 6.17. The van der Waals surface area contributed by atoms with E-state index >= 15 is 0 Å². The maximum Gasteiger partial charge on any atom is 0.332 e. The molecule has 1 atom stereocenters. The van der Waals surface area contributed by atoms with Crippen LogP contribution in [0.15, 0.2) is 26.4 Å². The first-order chi connectivity index (χ1) is 13.9. The van der Waals surface area contributed by atoms with Gasteiger partial charge in [-0.1, -0.05) is 0 Å². The zero-order valence-electron chi connectivity index (χ0n) is 16.6. The van der Waals surface area contributed by atoms with Gasteiger partial charge in [-0.05, 0) is 50.2 Å². The average Bonchev–Trinajstić information content (AvgIpc) is 3.46. The van der Waals surface area contributed by atoms with Crippen molar-refractivity contribution in [3.05, 3.63) is 64.5 Å². The Morgan fingerprint density at radius 1 is 1.10 bits per heavy atom. The molecule has 5 rings (SSSR count). The summed E-state index contributed by atoms with van der Waals surface area (Å²) in [5.41, 5.74) is 0.966. The summed E-state index contributed by atoms with van der Waals surface area (Å²) in [6.07, 6.45) is 1.84. The molecule has 2 aliphatic heterocycles. The maximum atomic E-state index is 12.8. The summed E-state index contributed by atoms with van der Waals surface area (Å²) in [6, 6.07) is 2.16. The van der Waals surface area contributed by atoms with Crippen LogP contribution in [-0.4, -0.2) is 37.3 Å². The molecule has 3 aromatic heterocycles. The summed E-state index contributed by atoms with van der Waals surface area (Å²) in [6.45, 7) is 7.72. The summed E-state index contributed by atoms with van der Waals surface area (Å²) >= 11 is 3.34. The molecule has 0 bridgehead atoms. The Balaban J connectivity index is 1.46. The lowest BCUT2D eigenvalue weighted by molar-refractivity contribution is 0.299. The molecule has 5 heterocycles. The van der Waals surface area contributed by atoms with Crippen molar-refractivity contribution >= 4 is 22.7 Å². The molecule has 2 aliphatic rings. The summed E-state index contributed by atoms with van der Waals surface area (Å²) in [5, 5.41) is 9.71. The molecule has 0 aromatic carbocycles. The number of aromatic nitrogens is 4. The van der Waals surface area contributed by atoms with E-state index < -0.39 is 11.1 Å². The summed E-state index contributed by atoms with van der Waals surface area (Å²) in [4.78, 5) is 33.6. The van der Waals surface area contributed by atoms with Crippen LogP contribution in [0.2, 0.25) is 0 Å². The molecule has 7 nitrogen and oxygen atoms in total. The zero-order valence-corrected chi connectivity index (χ0v) is 18.2. The maximum absolute atomic E-state index is 12.8. The highest BCUT2D eigenvalue weighted by Gasteiger charge is 2.47. The monoisotopic (exact) mass is 429 g/mol. The van der Waals surface area contributed by atoms with E-state index in [1.165, 1.54) is 26.5 Å². The Hall–Kier alpha value is -2.10. The van der Waals surface area contributed by atoms with Gasteiger partial charge in [-0.15, -0.1) is 22.7 Å². The van der Waals surface area contributed by atoms with E-state index in [9.17, 15) is 9.59 Å². The molecule has 0 unspecified atom stereocenters. The van der Waals surface area contributed by atoms with Crippen molar-refractivity contribution in [3.63, 3.8) is 0 Å². The van der Waals surface area contributed by atoms with Gasteiger partial charge in [0.1, 0.15) is 5.82 Å². The predicted octanol–water partition coefficient (Wildman–Crippen LogP) is 2.14. The minimum absolute atomic E-state index is 0.141. The molecular weight excluding hydrogens is 406 g/mol. The lowest BCUT2D eigenvalue weighted by atomic mass is 9.85. The van der Waals surface area contributed by atoms with E-state index in [-0.39, 0.29) is 12.0 Å². The van der Waals surface area contributed by atoms with Crippen molar-refractivity contribution in [3.8, 4) is 0 Å². The van der Waals surface area contributed by atoms with Crippen LogP contribution in [0.5, 0.6) is 0 Å². The van der Waals surface area contributed by atoms with Crippen molar-refractivity contribution in [2.75, 3.05) is 13.1 Å². The Morgan fingerprint density at radius 2 is 1.93 bits per heavy atom. The minimum atomic E-state index is -0.555. The number of thiazole rings is 1. The number of rotatable bonds is 4. The topological polar surface area (TPSA) is 73.0 Å². The van der Waals surface area contributed by atoms with Crippen LogP contribution in [0.1, 0.15) is 39.8 Å². The molecule has 0 amide bonds. The molecule has 3 aromatic rings. The second kappa shape index (κ2) is 7.00. The van der Waals surface area contributed by atoms with Crippen LogP contribution in [0, 0.1) is 13.8 Å². The van der Waals surface area contributed by atoms with Gasteiger partial charge in [0.15, 0.2) is 0 Å². The van der Waals surface area contributed by atoms with Gasteiger partial charge >= 0.3 is 11.1 Å². The highest BCUT2D eigenvalue weighted by atomic mass is 32.1. The number of likely N-dealkylation sites (tertiary alicyclic amines) is 1. The minimum Gasteiger partial charge on any atom is -0.297 e. The average molecular weight is 430 g/mol. The highest BCUT2D eigenvalue weighted by molar-refractivity contribution is 7.10. The van der Waals surface area contributed by atoms with Crippen molar-refractivity contribution in [2.45, 2.75) is 51.7 Å². The smallest absolute Gasteiger partial charge is 0.297 e. The molecule has 1 spiro atoms.